The van der Waals surface area contributed by atoms with Gasteiger partial charge in [-0.25, -0.2) is 4.79 Å². The molecular formula is C14H28N2O3. The quantitative estimate of drug-likeness (QED) is 0.603. The maximum atomic E-state index is 11.7. The molecule has 112 valence electrons. The highest BCUT2D eigenvalue weighted by Crippen LogP contribution is 2.14. The Balaban J connectivity index is 4.14. The second-order valence-electron chi connectivity index (χ2n) is 5.46. The molecule has 0 aliphatic rings. The molecule has 19 heavy (non-hydrogen) atoms. The van der Waals surface area contributed by atoms with Crippen molar-refractivity contribution in [3.63, 3.8) is 0 Å². The normalized spacial score (nSPS) is 12.5. The molecule has 0 spiro atoms. The highest BCUT2D eigenvalue weighted by molar-refractivity contribution is 5.74. The monoisotopic (exact) mass is 272 g/mol. The van der Waals surface area contributed by atoms with E-state index in [0.717, 1.165) is 19.3 Å². The molecule has 1 unspecified atom stereocenters. The number of carbonyl (C=O) groups is 2. The van der Waals surface area contributed by atoms with Crippen molar-refractivity contribution in [3.8, 4) is 0 Å². The molecule has 0 radical (unpaired) electrons. The summed E-state index contributed by atoms with van der Waals surface area (Å²) in [4.78, 5) is 22.5. The third kappa shape index (κ3) is 9.33. The number of carbonyl (C=O) groups excluding carboxylic acids is 1. The summed E-state index contributed by atoms with van der Waals surface area (Å²) in [5, 5.41) is 14.5. The lowest BCUT2D eigenvalue weighted by Crippen LogP contribution is -2.43. The molecule has 3 N–H and O–H groups in total. The Morgan fingerprint density at radius 3 is 2.16 bits per heavy atom. The van der Waals surface area contributed by atoms with Crippen LogP contribution in [-0.2, 0) is 4.79 Å². The largest absolute Gasteiger partial charge is 0.481 e. The number of rotatable bonds is 9. The third-order valence-electron chi connectivity index (χ3n) is 3.14. The van der Waals surface area contributed by atoms with Crippen LogP contribution < -0.4 is 10.6 Å². The summed E-state index contributed by atoms with van der Waals surface area (Å²) in [7, 11) is 0. The van der Waals surface area contributed by atoms with Crippen LogP contribution in [0.25, 0.3) is 0 Å². The molecule has 0 bridgehead atoms. The molecule has 5 nitrogen and oxygen atoms in total. The lowest BCUT2D eigenvalue weighted by atomic mass is 9.94. The number of hydrogen-bond donors (Lipinski definition) is 3. The van der Waals surface area contributed by atoms with E-state index in [-0.39, 0.29) is 24.4 Å². The summed E-state index contributed by atoms with van der Waals surface area (Å²) in [6, 6.07) is -0.0177. The first-order chi connectivity index (χ1) is 8.88. The summed E-state index contributed by atoms with van der Waals surface area (Å²) in [6.07, 6.45) is 2.70. The molecular weight excluding hydrogens is 244 g/mol. The van der Waals surface area contributed by atoms with Crippen molar-refractivity contribution in [2.75, 3.05) is 6.54 Å². The molecule has 0 aromatic rings. The van der Waals surface area contributed by atoms with Crippen LogP contribution in [0.1, 0.15) is 53.4 Å². The molecule has 0 aliphatic carbocycles. The van der Waals surface area contributed by atoms with E-state index in [4.69, 9.17) is 5.11 Å². The standard InChI is InChI=1S/C14H28N2O3/c1-5-12(6-2)16-14(19)15-9-11(7-10(3)4)8-13(17)18/h10-12H,5-9H2,1-4H3,(H,17,18)(H2,15,16,19). The highest BCUT2D eigenvalue weighted by atomic mass is 16.4. The first-order valence-corrected chi connectivity index (χ1v) is 7.15. The van der Waals surface area contributed by atoms with E-state index in [2.05, 4.69) is 24.5 Å². The second-order valence-corrected chi connectivity index (χ2v) is 5.46. The van der Waals surface area contributed by atoms with E-state index in [1.807, 2.05) is 13.8 Å². The smallest absolute Gasteiger partial charge is 0.315 e. The summed E-state index contributed by atoms with van der Waals surface area (Å²) in [5.41, 5.74) is 0. The number of hydrogen-bond acceptors (Lipinski definition) is 2. The summed E-state index contributed by atoms with van der Waals surface area (Å²) in [5.74, 6) is -0.397. The number of nitrogens with one attached hydrogen (secondary N) is 2. The van der Waals surface area contributed by atoms with Crippen LogP contribution in [0.2, 0.25) is 0 Å². The van der Waals surface area contributed by atoms with Gasteiger partial charge < -0.3 is 15.7 Å². The number of carboxylic acid groups (broad SMARTS) is 1. The maximum Gasteiger partial charge on any atom is 0.315 e. The van der Waals surface area contributed by atoms with Gasteiger partial charge in [0.1, 0.15) is 0 Å². The number of aliphatic carboxylic acids is 1. The van der Waals surface area contributed by atoms with Gasteiger partial charge in [-0.1, -0.05) is 27.7 Å². The molecule has 0 fully saturated rings. The maximum absolute atomic E-state index is 11.7. The van der Waals surface area contributed by atoms with Gasteiger partial charge in [-0.2, -0.15) is 0 Å². The molecule has 0 aromatic carbocycles. The predicted octanol–water partition coefficient (Wildman–Crippen LogP) is 2.61. The summed E-state index contributed by atoms with van der Waals surface area (Å²) < 4.78 is 0. The van der Waals surface area contributed by atoms with Crippen molar-refractivity contribution in [1.29, 1.82) is 0 Å². The van der Waals surface area contributed by atoms with E-state index >= 15 is 0 Å². The molecule has 0 aromatic heterocycles. The van der Waals surface area contributed by atoms with E-state index in [9.17, 15) is 9.59 Å². The fourth-order valence-corrected chi connectivity index (χ4v) is 2.12. The Morgan fingerprint density at radius 1 is 1.16 bits per heavy atom. The van der Waals surface area contributed by atoms with Gasteiger partial charge in [0.15, 0.2) is 0 Å². The highest BCUT2D eigenvalue weighted by Gasteiger charge is 2.16. The van der Waals surface area contributed by atoms with Crippen molar-refractivity contribution in [2.45, 2.75) is 59.4 Å². The zero-order valence-corrected chi connectivity index (χ0v) is 12.5. The van der Waals surface area contributed by atoms with E-state index in [0.29, 0.717) is 12.5 Å². The van der Waals surface area contributed by atoms with Crippen LogP contribution in [0.3, 0.4) is 0 Å². The number of carboxylic acids is 1. The molecule has 0 saturated carbocycles. The molecule has 0 aliphatic heterocycles. The molecule has 1 atom stereocenters. The molecule has 0 saturated heterocycles. The lowest BCUT2D eigenvalue weighted by molar-refractivity contribution is -0.138. The number of urea groups is 1. The Kier molecular flexibility index (Phi) is 9.00. The van der Waals surface area contributed by atoms with Gasteiger partial charge in [-0.3, -0.25) is 4.79 Å². The van der Waals surface area contributed by atoms with Crippen LogP contribution in [0.4, 0.5) is 4.79 Å². The van der Waals surface area contributed by atoms with Crippen LogP contribution in [0.15, 0.2) is 0 Å². The van der Waals surface area contributed by atoms with Crippen molar-refractivity contribution >= 4 is 12.0 Å². The average molecular weight is 272 g/mol. The minimum absolute atomic E-state index is 0.00930. The van der Waals surface area contributed by atoms with Gasteiger partial charge in [0.2, 0.25) is 0 Å². The Morgan fingerprint density at radius 2 is 1.74 bits per heavy atom. The zero-order chi connectivity index (χ0) is 14.8. The number of amides is 2. The van der Waals surface area contributed by atoms with Gasteiger partial charge >= 0.3 is 12.0 Å². The Bertz CT molecular complexity index is 276. The predicted molar refractivity (Wildman–Crippen MR) is 76.1 cm³/mol. The minimum Gasteiger partial charge on any atom is -0.481 e. The van der Waals surface area contributed by atoms with Crippen LogP contribution in [0.5, 0.6) is 0 Å². The van der Waals surface area contributed by atoms with E-state index < -0.39 is 5.97 Å². The summed E-state index contributed by atoms with van der Waals surface area (Å²) in [6.45, 7) is 8.58. The van der Waals surface area contributed by atoms with Gasteiger partial charge in [-0.15, -0.1) is 0 Å². The third-order valence-corrected chi connectivity index (χ3v) is 3.14. The Labute approximate surface area is 116 Å². The van der Waals surface area contributed by atoms with Gasteiger partial charge in [0, 0.05) is 19.0 Å². The SMILES string of the molecule is CCC(CC)NC(=O)NCC(CC(=O)O)CC(C)C. The van der Waals surface area contributed by atoms with Crippen molar-refractivity contribution in [2.24, 2.45) is 11.8 Å². The Hall–Kier alpha value is -1.26. The van der Waals surface area contributed by atoms with Crippen LogP contribution >= 0.6 is 0 Å². The van der Waals surface area contributed by atoms with Crippen molar-refractivity contribution < 1.29 is 14.7 Å². The van der Waals surface area contributed by atoms with Crippen LogP contribution in [0, 0.1) is 11.8 Å². The van der Waals surface area contributed by atoms with Gasteiger partial charge in [0.05, 0.1) is 0 Å². The lowest BCUT2D eigenvalue weighted by Gasteiger charge is -2.20. The molecule has 0 rings (SSSR count). The first kappa shape index (κ1) is 17.7. The minimum atomic E-state index is -0.812. The average Bonchev–Trinajstić information content (AvgIpc) is 2.31. The van der Waals surface area contributed by atoms with E-state index in [1.165, 1.54) is 0 Å². The van der Waals surface area contributed by atoms with Crippen molar-refractivity contribution in [3.05, 3.63) is 0 Å². The molecule has 5 heteroatoms. The first-order valence-electron chi connectivity index (χ1n) is 7.15. The van der Waals surface area contributed by atoms with E-state index in [1.54, 1.807) is 0 Å². The molecule has 0 heterocycles. The van der Waals surface area contributed by atoms with Gasteiger partial charge in [-0.05, 0) is 31.1 Å². The fraction of sp³-hybridized carbons (Fsp3) is 0.857. The summed E-state index contributed by atoms with van der Waals surface area (Å²) >= 11 is 0. The van der Waals surface area contributed by atoms with Crippen molar-refractivity contribution in [1.82, 2.24) is 10.6 Å². The fourth-order valence-electron chi connectivity index (χ4n) is 2.12. The van der Waals surface area contributed by atoms with Gasteiger partial charge in [0.25, 0.3) is 0 Å². The zero-order valence-electron chi connectivity index (χ0n) is 12.5. The topological polar surface area (TPSA) is 78.4 Å². The van der Waals surface area contributed by atoms with Crippen LogP contribution in [-0.4, -0.2) is 29.7 Å². The second kappa shape index (κ2) is 9.64. The molecule has 2 amide bonds.